The third-order valence-corrected chi connectivity index (χ3v) is 2.62. The van der Waals surface area contributed by atoms with Crippen molar-refractivity contribution in [3.8, 4) is 11.8 Å². The molecule has 4 nitrogen and oxygen atoms in total. The number of aromatic nitrogens is 2. The van der Waals surface area contributed by atoms with E-state index < -0.39 is 5.82 Å². The van der Waals surface area contributed by atoms with Gasteiger partial charge in [-0.2, -0.15) is 4.98 Å². The minimum Gasteiger partial charge on any atom is -0.422 e. The van der Waals surface area contributed by atoms with E-state index in [9.17, 15) is 4.39 Å². The van der Waals surface area contributed by atoms with Crippen LogP contribution in [0.2, 0.25) is 0 Å². The largest absolute Gasteiger partial charge is 0.422 e. The first-order chi connectivity index (χ1) is 8.95. The first-order valence-electron chi connectivity index (χ1n) is 6.04. The predicted molar refractivity (Wildman–Crippen MR) is 71.7 cm³/mol. The Kier molecular flexibility index (Phi) is 3.64. The van der Waals surface area contributed by atoms with Crippen molar-refractivity contribution in [3.05, 3.63) is 41.5 Å². The molecule has 0 fully saturated rings. The summed E-state index contributed by atoms with van der Waals surface area (Å²) in [5, 5.41) is 0. The van der Waals surface area contributed by atoms with Gasteiger partial charge in [0.15, 0.2) is 5.75 Å². The molecule has 0 aliphatic heterocycles. The number of rotatable bonds is 3. The van der Waals surface area contributed by atoms with Crippen LogP contribution in [0.4, 0.5) is 10.1 Å². The summed E-state index contributed by atoms with van der Waals surface area (Å²) in [5.74, 6) is 0.217. The molecule has 2 rings (SSSR count). The van der Waals surface area contributed by atoms with Crippen LogP contribution in [0.15, 0.2) is 24.3 Å². The second kappa shape index (κ2) is 5.22. The standard InChI is InChI=1S/C14H16FN3O/c1-8(2)12-6-9(3)17-14(18-12)19-13-5-4-10(15)7-11(13)16/h4-8H,16H2,1-3H3. The maximum atomic E-state index is 13.0. The lowest BCUT2D eigenvalue weighted by Crippen LogP contribution is -2.01. The molecule has 2 aromatic rings. The van der Waals surface area contributed by atoms with E-state index in [4.69, 9.17) is 10.5 Å². The SMILES string of the molecule is Cc1cc(C(C)C)nc(Oc2ccc(F)cc2N)n1. The summed E-state index contributed by atoms with van der Waals surface area (Å²) in [6, 6.07) is 6.08. The topological polar surface area (TPSA) is 61.0 Å². The normalized spacial score (nSPS) is 10.8. The lowest BCUT2D eigenvalue weighted by atomic mass is 10.1. The quantitative estimate of drug-likeness (QED) is 0.860. The fraction of sp³-hybridized carbons (Fsp3) is 0.286. The zero-order valence-corrected chi connectivity index (χ0v) is 11.1. The number of benzene rings is 1. The molecular formula is C14H16FN3O. The smallest absolute Gasteiger partial charge is 0.322 e. The molecule has 19 heavy (non-hydrogen) atoms. The molecule has 0 unspecified atom stereocenters. The number of hydrogen-bond donors (Lipinski definition) is 1. The Labute approximate surface area is 111 Å². The van der Waals surface area contributed by atoms with Gasteiger partial charge in [-0.15, -0.1) is 0 Å². The molecule has 0 aliphatic carbocycles. The van der Waals surface area contributed by atoms with Gasteiger partial charge < -0.3 is 10.5 Å². The highest BCUT2D eigenvalue weighted by atomic mass is 19.1. The molecule has 0 amide bonds. The van der Waals surface area contributed by atoms with Crippen molar-refractivity contribution in [2.45, 2.75) is 26.7 Å². The van der Waals surface area contributed by atoms with Crippen molar-refractivity contribution in [1.29, 1.82) is 0 Å². The molecule has 0 radical (unpaired) electrons. The predicted octanol–water partition coefficient (Wildman–Crippen LogP) is 3.42. The highest BCUT2D eigenvalue weighted by Gasteiger charge is 2.09. The summed E-state index contributed by atoms with van der Waals surface area (Å²) in [4.78, 5) is 8.50. The van der Waals surface area contributed by atoms with E-state index in [1.807, 2.05) is 26.8 Å². The van der Waals surface area contributed by atoms with Crippen molar-refractivity contribution in [2.24, 2.45) is 0 Å². The van der Waals surface area contributed by atoms with E-state index in [1.165, 1.54) is 18.2 Å². The number of aryl methyl sites for hydroxylation is 1. The van der Waals surface area contributed by atoms with Crippen molar-refractivity contribution in [3.63, 3.8) is 0 Å². The summed E-state index contributed by atoms with van der Waals surface area (Å²) >= 11 is 0. The highest BCUT2D eigenvalue weighted by Crippen LogP contribution is 2.26. The van der Waals surface area contributed by atoms with Gasteiger partial charge in [-0.1, -0.05) is 13.8 Å². The summed E-state index contributed by atoms with van der Waals surface area (Å²) in [6.07, 6.45) is 0. The van der Waals surface area contributed by atoms with E-state index in [0.29, 0.717) is 5.75 Å². The van der Waals surface area contributed by atoms with Crippen LogP contribution in [0.3, 0.4) is 0 Å². The van der Waals surface area contributed by atoms with Crippen LogP contribution in [0.1, 0.15) is 31.2 Å². The maximum absolute atomic E-state index is 13.0. The minimum absolute atomic E-state index is 0.219. The molecule has 0 spiro atoms. The molecule has 1 heterocycles. The first kappa shape index (κ1) is 13.3. The van der Waals surface area contributed by atoms with Crippen molar-refractivity contribution in [1.82, 2.24) is 9.97 Å². The summed E-state index contributed by atoms with van der Waals surface area (Å²) in [5.41, 5.74) is 7.61. The fourth-order valence-corrected chi connectivity index (χ4v) is 1.62. The van der Waals surface area contributed by atoms with E-state index >= 15 is 0 Å². The summed E-state index contributed by atoms with van der Waals surface area (Å²) < 4.78 is 18.5. The van der Waals surface area contributed by atoms with E-state index in [0.717, 1.165) is 11.4 Å². The van der Waals surface area contributed by atoms with E-state index in [-0.39, 0.29) is 17.6 Å². The van der Waals surface area contributed by atoms with Gasteiger partial charge in [0.05, 0.1) is 11.4 Å². The van der Waals surface area contributed by atoms with E-state index in [1.54, 1.807) is 0 Å². The zero-order chi connectivity index (χ0) is 14.0. The number of hydrogen-bond acceptors (Lipinski definition) is 4. The van der Waals surface area contributed by atoms with Crippen LogP contribution in [0, 0.1) is 12.7 Å². The maximum Gasteiger partial charge on any atom is 0.322 e. The van der Waals surface area contributed by atoms with Gasteiger partial charge in [0.1, 0.15) is 5.82 Å². The Hall–Kier alpha value is -2.17. The van der Waals surface area contributed by atoms with Crippen LogP contribution in [0.5, 0.6) is 11.8 Å². The average molecular weight is 261 g/mol. The van der Waals surface area contributed by atoms with Crippen LogP contribution >= 0.6 is 0 Å². The molecule has 0 aliphatic rings. The van der Waals surface area contributed by atoms with Gasteiger partial charge in [0.2, 0.25) is 0 Å². The monoisotopic (exact) mass is 261 g/mol. The van der Waals surface area contributed by atoms with Gasteiger partial charge in [0, 0.05) is 11.8 Å². The summed E-state index contributed by atoms with van der Waals surface area (Å²) in [7, 11) is 0. The van der Waals surface area contributed by atoms with Crippen molar-refractivity contribution in [2.75, 3.05) is 5.73 Å². The molecule has 0 atom stereocenters. The Morgan fingerprint density at radius 1 is 1.21 bits per heavy atom. The fourth-order valence-electron chi connectivity index (χ4n) is 1.62. The molecular weight excluding hydrogens is 245 g/mol. The Morgan fingerprint density at radius 3 is 2.58 bits per heavy atom. The van der Waals surface area contributed by atoms with Crippen LogP contribution < -0.4 is 10.5 Å². The molecule has 0 saturated heterocycles. The first-order valence-corrected chi connectivity index (χ1v) is 6.04. The number of nitrogen functional groups attached to an aromatic ring is 1. The number of halogens is 1. The summed E-state index contributed by atoms with van der Waals surface area (Å²) in [6.45, 7) is 5.95. The van der Waals surface area contributed by atoms with Gasteiger partial charge in [0.25, 0.3) is 0 Å². The Morgan fingerprint density at radius 2 is 1.95 bits per heavy atom. The average Bonchev–Trinajstić information content (AvgIpc) is 2.32. The van der Waals surface area contributed by atoms with Gasteiger partial charge in [-0.25, -0.2) is 9.37 Å². The van der Waals surface area contributed by atoms with E-state index in [2.05, 4.69) is 9.97 Å². The minimum atomic E-state index is -0.405. The number of ether oxygens (including phenoxy) is 1. The lowest BCUT2D eigenvalue weighted by Gasteiger charge is -2.10. The van der Waals surface area contributed by atoms with Crippen LogP contribution in [-0.2, 0) is 0 Å². The van der Waals surface area contributed by atoms with Crippen molar-refractivity contribution < 1.29 is 9.13 Å². The number of anilines is 1. The molecule has 2 N–H and O–H groups in total. The lowest BCUT2D eigenvalue weighted by molar-refractivity contribution is 0.437. The van der Waals surface area contributed by atoms with Crippen LogP contribution in [0.25, 0.3) is 0 Å². The van der Waals surface area contributed by atoms with Crippen molar-refractivity contribution >= 4 is 5.69 Å². The Balaban J connectivity index is 2.32. The van der Waals surface area contributed by atoms with Gasteiger partial charge >= 0.3 is 6.01 Å². The second-order valence-electron chi connectivity index (χ2n) is 4.66. The zero-order valence-electron chi connectivity index (χ0n) is 11.1. The molecule has 1 aromatic heterocycles. The molecule has 100 valence electrons. The molecule has 5 heteroatoms. The molecule has 1 aromatic carbocycles. The van der Waals surface area contributed by atoms with Gasteiger partial charge in [-0.3, -0.25) is 0 Å². The Bertz CT molecular complexity index is 599. The van der Waals surface area contributed by atoms with Crippen LogP contribution in [-0.4, -0.2) is 9.97 Å². The highest BCUT2D eigenvalue weighted by molar-refractivity contribution is 5.53. The second-order valence-corrected chi connectivity index (χ2v) is 4.66. The molecule has 0 saturated carbocycles. The third-order valence-electron chi connectivity index (χ3n) is 2.62. The number of nitrogens with two attached hydrogens (primary N) is 1. The van der Waals surface area contributed by atoms with Gasteiger partial charge in [-0.05, 0) is 31.0 Å². The number of nitrogens with zero attached hydrogens (tertiary/aromatic N) is 2. The third kappa shape index (κ3) is 3.19. The molecule has 0 bridgehead atoms.